The first-order chi connectivity index (χ1) is 20.0. The van der Waals surface area contributed by atoms with Crippen LogP contribution < -0.4 is 14.4 Å². The molecule has 1 N–H and O–H groups in total. The zero-order chi connectivity index (χ0) is 28.6. The van der Waals surface area contributed by atoms with E-state index in [-0.39, 0.29) is 18.1 Å². The van der Waals surface area contributed by atoms with Crippen LogP contribution in [0.3, 0.4) is 0 Å². The molecule has 1 amide bonds. The zero-order valence-corrected chi connectivity index (χ0v) is 23.3. The normalized spacial score (nSPS) is 10.7. The Hall–Kier alpha value is -4.88. The molecule has 0 saturated heterocycles. The van der Waals surface area contributed by atoms with Crippen LogP contribution in [-0.2, 0) is 19.8 Å². The summed E-state index contributed by atoms with van der Waals surface area (Å²) in [6.45, 7) is 2.88. The lowest BCUT2D eigenvalue weighted by Crippen LogP contribution is -2.31. The summed E-state index contributed by atoms with van der Waals surface area (Å²) in [7, 11) is 0. The Labute approximate surface area is 243 Å². The molecule has 0 aliphatic heterocycles. The van der Waals surface area contributed by atoms with Gasteiger partial charge in [0.05, 0.1) is 17.7 Å². The van der Waals surface area contributed by atoms with Gasteiger partial charge >= 0.3 is 5.97 Å². The van der Waals surface area contributed by atoms with Crippen molar-refractivity contribution in [1.29, 1.82) is 0 Å². The van der Waals surface area contributed by atoms with Crippen LogP contribution in [0.15, 0.2) is 114 Å². The summed E-state index contributed by atoms with van der Waals surface area (Å²) in [5, 5.41) is 13.3. The van der Waals surface area contributed by atoms with Gasteiger partial charge in [-0.25, -0.2) is 4.79 Å². The molecule has 1 heterocycles. The number of rotatable bonds is 11. The Bertz CT molecular complexity index is 1600. The lowest BCUT2D eigenvalue weighted by molar-refractivity contribution is 0.0696. The number of nitrogens with zero attached hydrogens (tertiary/aromatic N) is 1. The summed E-state index contributed by atoms with van der Waals surface area (Å²) in [5.74, 6) is -0.251. The van der Waals surface area contributed by atoms with E-state index < -0.39 is 5.97 Å². The largest absolute Gasteiger partial charge is 0.488 e. The van der Waals surface area contributed by atoms with Crippen molar-refractivity contribution in [3.63, 3.8) is 0 Å². The second-order valence-corrected chi connectivity index (χ2v) is 10.3. The Balaban J connectivity index is 1.51. The minimum Gasteiger partial charge on any atom is -0.488 e. The minimum atomic E-state index is -1.02. The quantitative estimate of drug-likeness (QED) is 0.178. The van der Waals surface area contributed by atoms with Crippen molar-refractivity contribution in [3.05, 3.63) is 147 Å². The van der Waals surface area contributed by atoms with Crippen LogP contribution in [0.2, 0.25) is 0 Å². The first kappa shape index (κ1) is 27.7. The molecule has 0 fully saturated rings. The van der Waals surface area contributed by atoms with Crippen molar-refractivity contribution >= 4 is 28.9 Å². The van der Waals surface area contributed by atoms with Crippen molar-refractivity contribution in [1.82, 2.24) is 0 Å². The van der Waals surface area contributed by atoms with Gasteiger partial charge in [0.2, 0.25) is 0 Å². The molecular formula is C34H29NO5S. The van der Waals surface area contributed by atoms with E-state index in [0.717, 1.165) is 22.3 Å². The fraction of sp³-hybridized carbons (Fsp3) is 0.118. The molecule has 4 aromatic carbocycles. The molecule has 0 saturated carbocycles. The van der Waals surface area contributed by atoms with Crippen LogP contribution in [0.4, 0.5) is 5.69 Å². The third-order valence-corrected chi connectivity index (χ3v) is 7.31. The SMILES string of the molecule is Cc1cc(C(=O)N(Cc2ccsc2)c2ccc(C(=O)O)cc2)c(OCc2ccccc2)cc1OCc1ccccc1. The van der Waals surface area contributed by atoms with E-state index in [4.69, 9.17) is 9.47 Å². The summed E-state index contributed by atoms with van der Waals surface area (Å²) >= 11 is 1.55. The number of ether oxygens (including phenoxy) is 2. The Kier molecular flexibility index (Phi) is 8.76. The number of thiophene rings is 1. The van der Waals surface area contributed by atoms with Crippen LogP contribution in [0, 0.1) is 6.92 Å². The number of carbonyl (C=O) groups excluding carboxylic acids is 1. The van der Waals surface area contributed by atoms with E-state index in [1.165, 1.54) is 12.1 Å². The van der Waals surface area contributed by atoms with E-state index in [1.807, 2.05) is 84.4 Å². The topological polar surface area (TPSA) is 76.1 Å². The minimum absolute atomic E-state index is 0.152. The molecule has 0 aliphatic carbocycles. The van der Waals surface area contributed by atoms with Crippen molar-refractivity contribution in [2.75, 3.05) is 4.90 Å². The first-order valence-corrected chi connectivity index (χ1v) is 14.1. The third kappa shape index (κ3) is 7.01. The number of benzene rings is 4. The summed E-state index contributed by atoms with van der Waals surface area (Å²) in [4.78, 5) is 27.3. The maximum absolute atomic E-state index is 14.3. The predicted octanol–water partition coefficient (Wildman–Crippen LogP) is 7.76. The van der Waals surface area contributed by atoms with Gasteiger partial charge in [-0.1, -0.05) is 60.7 Å². The molecule has 1 aromatic heterocycles. The highest BCUT2D eigenvalue weighted by Gasteiger charge is 2.24. The van der Waals surface area contributed by atoms with Gasteiger partial charge in [-0.3, -0.25) is 4.79 Å². The molecule has 41 heavy (non-hydrogen) atoms. The lowest BCUT2D eigenvalue weighted by atomic mass is 10.1. The first-order valence-electron chi connectivity index (χ1n) is 13.1. The van der Waals surface area contributed by atoms with Gasteiger partial charge < -0.3 is 19.5 Å². The predicted molar refractivity (Wildman–Crippen MR) is 161 cm³/mol. The van der Waals surface area contributed by atoms with E-state index in [2.05, 4.69) is 0 Å². The van der Waals surface area contributed by atoms with Gasteiger partial charge in [0.1, 0.15) is 24.7 Å². The summed E-state index contributed by atoms with van der Waals surface area (Å²) in [5.41, 5.74) is 4.90. The number of aryl methyl sites for hydroxylation is 1. The van der Waals surface area contributed by atoms with Gasteiger partial charge in [0.25, 0.3) is 5.91 Å². The fourth-order valence-electron chi connectivity index (χ4n) is 4.36. The number of anilines is 1. The zero-order valence-electron chi connectivity index (χ0n) is 22.5. The average Bonchev–Trinajstić information content (AvgIpc) is 3.53. The van der Waals surface area contributed by atoms with Crippen LogP contribution >= 0.6 is 11.3 Å². The van der Waals surface area contributed by atoms with Gasteiger partial charge in [0, 0.05) is 11.8 Å². The number of aromatic carboxylic acids is 1. The maximum Gasteiger partial charge on any atom is 0.335 e. The molecule has 0 aliphatic rings. The molecular weight excluding hydrogens is 534 g/mol. The van der Waals surface area contributed by atoms with Gasteiger partial charge in [-0.15, -0.1) is 0 Å². The van der Waals surface area contributed by atoms with Crippen molar-refractivity contribution in [2.45, 2.75) is 26.7 Å². The van der Waals surface area contributed by atoms with Gasteiger partial charge in [0.15, 0.2) is 0 Å². The molecule has 0 radical (unpaired) electrons. The molecule has 7 heteroatoms. The van der Waals surface area contributed by atoms with Crippen LogP contribution in [0.5, 0.6) is 11.5 Å². The monoisotopic (exact) mass is 563 g/mol. The smallest absolute Gasteiger partial charge is 0.335 e. The number of carboxylic acids is 1. The molecule has 0 unspecified atom stereocenters. The highest BCUT2D eigenvalue weighted by molar-refractivity contribution is 7.07. The summed E-state index contributed by atoms with van der Waals surface area (Å²) in [6.07, 6.45) is 0. The number of hydrogen-bond acceptors (Lipinski definition) is 5. The van der Waals surface area contributed by atoms with Crippen LogP contribution in [0.25, 0.3) is 0 Å². The molecule has 0 atom stereocenters. The Morgan fingerprint density at radius 3 is 1.93 bits per heavy atom. The highest BCUT2D eigenvalue weighted by Crippen LogP contribution is 2.33. The molecule has 5 aromatic rings. The van der Waals surface area contributed by atoms with Crippen LogP contribution in [0.1, 0.15) is 43.0 Å². The Morgan fingerprint density at radius 1 is 0.756 bits per heavy atom. The maximum atomic E-state index is 14.3. The second-order valence-electron chi connectivity index (χ2n) is 9.54. The second kappa shape index (κ2) is 13.0. The third-order valence-electron chi connectivity index (χ3n) is 6.57. The summed E-state index contributed by atoms with van der Waals surface area (Å²) < 4.78 is 12.4. The van der Waals surface area contributed by atoms with Crippen molar-refractivity contribution in [2.24, 2.45) is 0 Å². The average molecular weight is 564 g/mol. The van der Waals surface area contributed by atoms with Gasteiger partial charge in [-0.05, 0) is 76.3 Å². The van der Waals surface area contributed by atoms with Crippen molar-refractivity contribution in [3.8, 4) is 11.5 Å². The molecule has 0 bridgehead atoms. The summed E-state index contributed by atoms with van der Waals surface area (Å²) in [6, 6.07) is 31.5. The number of carbonyl (C=O) groups is 2. The van der Waals surface area contributed by atoms with E-state index in [9.17, 15) is 14.7 Å². The fourth-order valence-corrected chi connectivity index (χ4v) is 5.02. The number of hydrogen-bond donors (Lipinski definition) is 1. The van der Waals surface area contributed by atoms with E-state index >= 15 is 0 Å². The highest BCUT2D eigenvalue weighted by atomic mass is 32.1. The lowest BCUT2D eigenvalue weighted by Gasteiger charge is -2.25. The van der Waals surface area contributed by atoms with Gasteiger partial charge in [-0.2, -0.15) is 11.3 Å². The van der Waals surface area contributed by atoms with Crippen molar-refractivity contribution < 1.29 is 24.2 Å². The van der Waals surface area contributed by atoms with Crippen LogP contribution in [-0.4, -0.2) is 17.0 Å². The molecule has 6 nitrogen and oxygen atoms in total. The standard InChI is InChI=1S/C34H29NO5S/c1-24-18-30(33(36)35(20-27-16-17-41-23-27)29-14-12-28(13-15-29)34(37)38)32(40-22-26-10-6-3-7-11-26)19-31(24)39-21-25-8-4-2-5-9-25/h2-19,23H,20-22H2,1H3,(H,37,38). The number of amides is 1. The Morgan fingerprint density at radius 2 is 1.37 bits per heavy atom. The van der Waals surface area contributed by atoms with E-state index in [0.29, 0.717) is 35.9 Å². The molecule has 206 valence electrons. The van der Waals surface area contributed by atoms with E-state index in [1.54, 1.807) is 40.5 Å². The molecule has 5 rings (SSSR count). The molecule has 0 spiro atoms. The number of carboxylic acid groups (broad SMARTS) is 1.